The van der Waals surface area contributed by atoms with Gasteiger partial charge in [-0.1, -0.05) is 42.0 Å². The summed E-state index contributed by atoms with van der Waals surface area (Å²) in [5, 5.41) is 6.05. The summed E-state index contributed by atoms with van der Waals surface area (Å²) in [7, 11) is 0. The van der Waals surface area contributed by atoms with Gasteiger partial charge in [0.15, 0.2) is 0 Å². The minimum atomic E-state index is 0.0359. The minimum Gasteiger partial charge on any atom is -0.326 e. The van der Waals surface area contributed by atoms with Crippen molar-refractivity contribution in [1.82, 2.24) is 4.98 Å². The second-order valence-electron chi connectivity index (χ2n) is 5.87. The first-order valence-electron chi connectivity index (χ1n) is 7.98. The van der Waals surface area contributed by atoms with Crippen LogP contribution in [0.5, 0.6) is 0 Å². The summed E-state index contributed by atoms with van der Waals surface area (Å²) >= 11 is 1.64. The predicted octanol–water partition coefficient (Wildman–Crippen LogP) is 5.00. The van der Waals surface area contributed by atoms with Crippen molar-refractivity contribution >= 4 is 22.9 Å². The van der Waals surface area contributed by atoms with Crippen LogP contribution in [-0.4, -0.2) is 10.9 Å². The minimum absolute atomic E-state index is 0.0359. The van der Waals surface area contributed by atoms with Crippen molar-refractivity contribution in [3.05, 3.63) is 70.0 Å². The topological polar surface area (TPSA) is 42.0 Å². The zero-order valence-corrected chi connectivity index (χ0v) is 14.7. The summed E-state index contributed by atoms with van der Waals surface area (Å²) in [4.78, 5) is 16.6. The average molecular weight is 336 g/mol. The quantitative estimate of drug-likeness (QED) is 0.712. The highest BCUT2D eigenvalue weighted by atomic mass is 32.1. The lowest BCUT2D eigenvalue weighted by molar-refractivity contribution is -0.116. The third-order valence-electron chi connectivity index (χ3n) is 3.81. The molecule has 1 N–H and O–H groups in total. The van der Waals surface area contributed by atoms with Crippen molar-refractivity contribution in [3.8, 4) is 11.3 Å². The van der Waals surface area contributed by atoms with Gasteiger partial charge in [0.25, 0.3) is 0 Å². The maximum absolute atomic E-state index is 12.1. The Balaban J connectivity index is 1.56. The van der Waals surface area contributed by atoms with E-state index in [2.05, 4.69) is 35.4 Å². The average Bonchev–Trinajstić information content (AvgIpc) is 3.00. The van der Waals surface area contributed by atoms with Gasteiger partial charge < -0.3 is 5.32 Å². The molecule has 0 saturated heterocycles. The van der Waals surface area contributed by atoms with Gasteiger partial charge in [-0.2, -0.15) is 0 Å². The van der Waals surface area contributed by atoms with E-state index in [0.717, 1.165) is 28.4 Å². The Bertz CT molecular complexity index is 837. The fraction of sp³-hybridized carbons (Fsp3) is 0.200. The number of hydrogen-bond acceptors (Lipinski definition) is 3. The lowest BCUT2D eigenvalue weighted by Gasteiger charge is -2.06. The van der Waals surface area contributed by atoms with Crippen molar-refractivity contribution in [3.63, 3.8) is 0 Å². The SMILES string of the molecule is Cc1cccc(CCC(=O)Nc2ccc(-c3csc(C)n3)cc2)c1. The normalized spacial score (nSPS) is 10.6. The van der Waals surface area contributed by atoms with Crippen LogP contribution in [0.15, 0.2) is 53.9 Å². The molecule has 24 heavy (non-hydrogen) atoms. The number of thiazole rings is 1. The first-order chi connectivity index (χ1) is 11.6. The smallest absolute Gasteiger partial charge is 0.224 e. The number of carbonyl (C=O) groups excluding carboxylic acids is 1. The van der Waals surface area contributed by atoms with E-state index >= 15 is 0 Å². The molecule has 122 valence electrons. The summed E-state index contributed by atoms with van der Waals surface area (Å²) in [6.07, 6.45) is 1.24. The maximum atomic E-state index is 12.1. The second-order valence-corrected chi connectivity index (χ2v) is 6.93. The van der Waals surface area contributed by atoms with Crippen LogP contribution in [0.2, 0.25) is 0 Å². The van der Waals surface area contributed by atoms with Crippen LogP contribution in [0.4, 0.5) is 5.69 Å². The predicted molar refractivity (Wildman–Crippen MR) is 100 cm³/mol. The van der Waals surface area contributed by atoms with Crippen molar-refractivity contribution in [2.75, 3.05) is 5.32 Å². The Morgan fingerprint density at radius 2 is 1.92 bits per heavy atom. The Hall–Kier alpha value is -2.46. The molecule has 3 nitrogen and oxygen atoms in total. The van der Waals surface area contributed by atoms with Crippen molar-refractivity contribution in [2.24, 2.45) is 0 Å². The molecule has 0 fully saturated rings. The molecule has 1 amide bonds. The highest BCUT2D eigenvalue weighted by molar-refractivity contribution is 7.09. The van der Waals surface area contributed by atoms with Crippen LogP contribution in [0, 0.1) is 13.8 Å². The van der Waals surface area contributed by atoms with E-state index in [9.17, 15) is 4.79 Å². The number of nitrogens with zero attached hydrogens (tertiary/aromatic N) is 1. The third kappa shape index (κ3) is 4.30. The number of nitrogens with one attached hydrogen (secondary N) is 1. The molecular formula is C20H20N2OS. The fourth-order valence-electron chi connectivity index (χ4n) is 2.57. The van der Waals surface area contributed by atoms with E-state index in [4.69, 9.17) is 0 Å². The monoisotopic (exact) mass is 336 g/mol. The number of anilines is 1. The largest absolute Gasteiger partial charge is 0.326 e. The molecule has 0 atom stereocenters. The van der Waals surface area contributed by atoms with E-state index in [1.54, 1.807) is 11.3 Å². The Kier molecular flexibility index (Phi) is 5.06. The Morgan fingerprint density at radius 1 is 1.12 bits per heavy atom. The molecule has 0 bridgehead atoms. The van der Waals surface area contributed by atoms with Gasteiger partial charge in [0.1, 0.15) is 0 Å². The molecule has 2 aromatic carbocycles. The van der Waals surface area contributed by atoms with Gasteiger partial charge in [0.05, 0.1) is 10.7 Å². The number of rotatable bonds is 5. The zero-order valence-electron chi connectivity index (χ0n) is 13.9. The van der Waals surface area contributed by atoms with Crippen molar-refractivity contribution in [1.29, 1.82) is 0 Å². The van der Waals surface area contributed by atoms with Gasteiger partial charge in [-0.15, -0.1) is 11.3 Å². The summed E-state index contributed by atoms with van der Waals surface area (Å²) in [6, 6.07) is 16.1. The fourth-order valence-corrected chi connectivity index (χ4v) is 3.19. The first kappa shape index (κ1) is 16.4. The van der Waals surface area contributed by atoms with Crippen molar-refractivity contribution < 1.29 is 4.79 Å². The van der Waals surface area contributed by atoms with Crippen LogP contribution in [-0.2, 0) is 11.2 Å². The molecule has 3 rings (SSSR count). The van der Waals surface area contributed by atoms with E-state index in [-0.39, 0.29) is 5.91 Å². The van der Waals surface area contributed by atoms with Gasteiger partial charge in [-0.3, -0.25) is 4.79 Å². The third-order valence-corrected chi connectivity index (χ3v) is 4.58. The van der Waals surface area contributed by atoms with E-state index < -0.39 is 0 Å². The number of hydrogen-bond donors (Lipinski definition) is 1. The van der Waals surface area contributed by atoms with Gasteiger partial charge in [-0.05, 0) is 38.0 Å². The molecule has 0 unspecified atom stereocenters. The van der Waals surface area contributed by atoms with E-state index in [1.807, 2.05) is 42.6 Å². The summed E-state index contributed by atoms with van der Waals surface area (Å²) in [5.74, 6) is 0.0359. The van der Waals surface area contributed by atoms with Crippen LogP contribution < -0.4 is 5.32 Å². The molecule has 1 aromatic heterocycles. The number of benzene rings is 2. The van der Waals surface area contributed by atoms with Crippen molar-refractivity contribution in [2.45, 2.75) is 26.7 Å². The summed E-state index contributed by atoms with van der Waals surface area (Å²) in [6.45, 7) is 4.06. The lowest BCUT2D eigenvalue weighted by Crippen LogP contribution is -2.12. The first-order valence-corrected chi connectivity index (χ1v) is 8.86. The zero-order chi connectivity index (χ0) is 16.9. The van der Waals surface area contributed by atoms with E-state index in [1.165, 1.54) is 11.1 Å². The molecule has 3 aromatic rings. The molecule has 0 aliphatic carbocycles. The van der Waals surface area contributed by atoms with Gasteiger partial charge in [0, 0.05) is 23.1 Å². The number of carbonyl (C=O) groups is 1. The number of aryl methyl sites for hydroxylation is 3. The number of amides is 1. The number of aromatic nitrogens is 1. The van der Waals surface area contributed by atoms with Crippen LogP contribution in [0.3, 0.4) is 0 Å². The Labute approximate surface area is 146 Å². The molecule has 0 radical (unpaired) electrons. The second kappa shape index (κ2) is 7.41. The molecule has 4 heteroatoms. The molecule has 0 saturated carbocycles. The standard InChI is InChI=1S/C20H20N2OS/c1-14-4-3-5-16(12-14)6-11-20(23)22-18-9-7-17(8-10-18)19-13-24-15(2)21-19/h3-5,7-10,12-13H,6,11H2,1-2H3,(H,22,23). The maximum Gasteiger partial charge on any atom is 0.224 e. The lowest BCUT2D eigenvalue weighted by atomic mass is 10.1. The molecule has 0 aliphatic rings. The molecule has 0 aliphatic heterocycles. The molecule has 0 spiro atoms. The van der Waals surface area contributed by atoms with Gasteiger partial charge in [0.2, 0.25) is 5.91 Å². The highest BCUT2D eigenvalue weighted by Crippen LogP contribution is 2.23. The molecular weight excluding hydrogens is 316 g/mol. The van der Waals surface area contributed by atoms with Crippen LogP contribution in [0.1, 0.15) is 22.6 Å². The van der Waals surface area contributed by atoms with Crippen LogP contribution in [0.25, 0.3) is 11.3 Å². The summed E-state index contributed by atoms with van der Waals surface area (Å²) in [5.41, 5.74) is 5.28. The van der Waals surface area contributed by atoms with Crippen LogP contribution >= 0.6 is 11.3 Å². The van der Waals surface area contributed by atoms with Gasteiger partial charge in [-0.25, -0.2) is 4.98 Å². The summed E-state index contributed by atoms with van der Waals surface area (Å²) < 4.78 is 0. The highest BCUT2D eigenvalue weighted by Gasteiger charge is 2.05. The Morgan fingerprint density at radius 3 is 2.58 bits per heavy atom. The molecule has 1 heterocycles. The van der Waals surface area contributed by atoms with Gasteiger partial charge >= 0.3 is 0 Å². The van der Waals surface area contributed by atoms with E-state index in [0.29, 0.717) is 6.42 Å².